The van der Waals surface area contributed by atoms with E-state index in [0.29, 0.717) is 50.8 Å². The van der Waals surface area contributed by atoms with Crippen LogP contribution < -0.4 is 28.7 Å². The average molecular weight is 570 g/mol. The number of carbonyl (C=O) groups excluding carboxylic acids is 1. The molecule has 5 aromatic rings. The van der Waals surface area contributed by atoms with Gasteiger partial charge in [-0.25, -0.2) is 4.98 Å². The van der Waals surface area contributed by atoms with Gasteiger partial charge in [0.15, 0.2) is 11.5 Å². The van der Waals surface area contributed by atoms with Crippen LogP contribution in [0, 0.1) is 0 Å². The molecule has 10 heteroatoms. The standard InChI is InChI=1S/C31H27N3O6S/c1-36-24-14-15-25-28(18-24)41-31(33-25)34(32-19-20-16-26(37-2)29(39-4)27(17-20)38-3)30(35)21-10-12-23(13-11-21)40-22-8-6-5-7-9-22/h5-19H,1-4H3/b32-19+. The third kappa shape index (κ3) is 6.07. The number of fused-ring (bicyclic) bond motifs is 1. The van der Waals surface area contributed by atoms with Crippen LogP contribution in [-0.2, 0) is 0 Å². The molecule has 1 heterocycles. The number of rotatable bonds is 10. The molecule has 208 valence electrons. The van der Waals surface area contributed by atoms with Crippen LogP contribution in [0.4, 0.5) is 5.13 Å². The predicted molar refractivity (Wildman–Crippen MR) is 160 cm³/mol. The maximum absolute atomic E-state index is 13.8. The molecule has 4 aromatic carbocycles. The minimum Gasteiger partial charge on any atom is -0.497 e. The number of carbonyl (C=O) groups is 1. The Balaban J connectivity index is 1.51. The molecule has 5 rings (SSSR count). The van der Waals surface area contributed by atoms with E-state index in [1.54, 1.807) is 49.7 Å². The SMILES string of the molecule is COc1ccc2nc(N(/N=C/c3cc(OC)c(OC)c(OC)c3)C(=O)c3ccc(Oc4ccccc4)cc3)sc2c1. The number of amides is 1. The summed E-state index contributed by atoms with van der Waals surface area (Å²) in [5.74, 6) is 3.02. The Hall–Kier alpha value is -5.09. The van der Waals surface area contributed by atoms with Crippen LogP contribution in [-0.4, -0.2) is 45.5 Å². The van der Waals surface area contributed by atoms with E-state index in [1.807, 2.05) is 48.5 Å². The molecular weight excluding hydrogens is 542 g/mol. The number of ether oxygens (including phenoxy) is 5. The summed E-state index contributed by atoms with van der Waals surface area (Å²) in [6.45, 7) is 0. The number of para-hydroxylation sites is 1. The molecule has 0 spiro atoms. The van der Waals surface area contributed by atoms with Crippen LogP contribution in [0.25, 0.3) is 10.2 Å². The van der Waals surface area contributed by atoms with Gasteiger partial charge in [0, 0.05) is 11.1 Å². The topological polar surface area (TPSA) is 91.7 Å². The summed E-state index contributed by atoms with van der Waals surface area (Å²) >= 11 is 1.33. The van der Waals surface area contributed by atoms with Crippen LogP contribution in [0.1, 0.15) is 15.9 Å². The van der Waals surface area contributed by atoms with E-state index < -0.39 is 0 Å². The Bertz CT molecular complexity index is 1660. The highest BCUT2D eigenvalue weighted by Gasteiger charge is 2.22. The Morgan fingerprint density at radius 3 is 2.07 bits per heavy atom. The van der Waals surface area contributed by atoms with Crippen molar-refractivity contribution in [2.24, 2.45) is 5.10 Å². The number of hydrogen-bond acceptors (Lipinski definition) is 9. The maximum atomic E-state index is 13.8. The molecule has 0 aliphatic carbocycles. The van der Waals surface area contributed by atoms with Crippen molar-refractivity contribution in [1.82, 2.24) is 4.98 Å². The summed E-state index contributed by atoms with van der Waals surface area (Å²) in [5.41, 5.74) is 1.76. The number of thiazole rings is 1. The van der Waals surface area contributed by atoms with Gasteiger partial charge in [-0.3, -0.25) is 4.79 Å². The zero-order chi connectivity index (χ0) is 28.8. The average Bonchev–Trinajstić information content (AvgIpc) is 3.44. The molecular formula is C31H27N3O6S. The lowest BCUT2D eigenvalue weighted by molar-refractivity contribution is 0.0988. The molecule has 0 N–H and O–H groups in total. The number of hydrogen-bond donors (Lipinski definition) is 0. The van der Waals surface area contributed by atoms with Gasteiger partial charge < -0.3 is 23.7 Å². The number of anilines is 1. The Morgan fingerprint density at radius 2 is 1.44 bits per heavy atom. The van der Waals surface area contributed by atoms with Crippen LogP contribution >= 0.6 is 11.3 Å². The van der Waals surface area contributed by atoms with Gasteiger partial charge in [0.05, 0.1) is 44.9 Å². The van der Waals surface area contributed by atoms with Crippen LogP contribution in [0.5, 0.6) is 34.5 Å². The monoisotopic (exact) mass is 569 g/mol. The first-order valence-corrected chi connectivity index (χ1v) is 13.3. The Kier molecular flexibility index (Phi) is 8.31. The molecule has 1 aromatic heterocycles. The fraction of sp³-hybridized carbons (Fsp3) is 0.129. The van der Waals surface area contributed by atoms with E-state index in [2.05, 4.69) is 10.1 Å². The first kappa shape index (κ1) is 27.5. The highest BCUT2D eigenvalue weighted by molar-refractivity contribution is 7.22. The fourth-order valence-electron chi connectivity index (χ4n) is 4.01. The molecule has 0 fully saturated rings. The largest absolute Gasteiger partial charge is 0.497 e. The summed E-state index contributed by atoms with van der Waals surface area (Å²) < 4.78 is 28.4. The molecule has 0 atom stereocenters. The maximum Gasteiger partial charge on any atom is 0.280 e. The second-order valence-corrected chi connectivity index (χ2v) is 9.60. The van der Waals surface area contributed by atoms with Crippen LogP contribution in [0.3, 0.4) is 0 Å². The van der Waals surface area contributed by atoms with Gasteiger partial charge in [-0.15, -0.1) is 0 Å². The van der Waals surface area contributed by atoms with Gasteiger partial charge in [0.2, 0.25) is 10.9 Å². The van der Waals surface area contributed by atoms with Crippen molar-refractivity contribution in [3.05, 3.63) is 96.1 Å². The van der Waals surface area contributed by atoms with Gasteiger partial charge in [0.1, 0.15) is 17.2 Å². The second-order valence-electron chi connectivity index (χ2n) is 8.59. The van der Waals surface area contributed by atoms with Gasteiger partial charge in [0.25, 0.3) is 5.91 Å². The molecule has 1 amide bonds. The molecule has 0 radical (unpaired) electrons. The van der Waals surface area contributed by atoms with E-state index in [0.717, 1.165) is 10.2 Å². The van der Waals surface area contributed by atoms with Crippen molar-refractivity contribution >= 4 is 38.8 Å². The molecule has 41 heavy (non-hydrogen) atoms. The molecule has 0 aliphatic rings. The van der Waals surface area contributed by atoms with Gasteiger partial charge in [-0.1, -0.05) is 29.5 Å². The first-order chi connectivity index (χ1) is 20.0. The van der Waals surface area contributed by atoms with Crippen molar-refractivity contribution in [2.45, 2.75) is 0 Å². The smallest absolute Gasteiger partial charge is 0.280 e. The predicted octanol–water partition coefficient (Wildman–Crippen LogP) is 6.80. The Labute approximate surface area is 241 Å². The van der Waals surface area contributed by atoms with Gasteiger partial charge in [-0.05, 0) is 66.7 Å². The highest BCUT2D eigenvalue weighted by Crippen LogP contribution is 2.38. The van der Waals surface area contributed by atoms with Crippen LogP contribution in [0.2, 0.25) is 0 Å². The van der Waals surface area contributed by atoms with Crippen molar-refractivity contribution in [1.29, 1.82) is 0 Å². The highest BCUT2D eigenvalue weighted by atomic mass is 32.1. The lowest BCUT2D eigenvalue weighted by Crippen LogP contribution is -2.25. The number of aromatic nitrogens is 1. The van der Waals surface area contributed by atoms with Crippen molar-refractivity contribution in [2.75, 3.05) is 33.4 Å². The number of benzene rings is 4. The minimum atomic E-state index is -0.369. The molecule has 0 saturated heterocycles. The lowest BCUT2D eigenvalue weighted by Gasteiger charge is -2.15. The van der Waals surface area contributed by atoms with Crippen LogP contribution in [0.15, 0.2) is 90.0 Å². The zero-order valence-electron chi connectivity index (χ0n) is 22.9. The molecule has 9 nitrogen and oxygen atoms in total. The number of methoxy groups -OCH3 is 4. The first-order valence-electron chi connectivity index (χ1n) is 12.5. The quantitative estimate of drug-likeness (QED) is 0.135. The van der Waals surface area contributed by atoms with E-state index in [4.69, 9.17) is 23.7 Å². The minimum absolute atomic E-state index is 0.369. The summed E-state index contributed by atoms with van der Waals surface area (Å²) in [5, 5.41) is 6.23. The van der Waals surface area contributed by atoms with E-state index >= 15 is 0 Å². The third-order valence-electron chi connectivity index (χ3n) is 6.05. The summed E-state index contributed by atoms with van der Waals surface area (Å²) in [6, 6.07) is 25.3. The van der Waals surface area contributed by atoms with Crippen molar-refractivity contribution in [3.8, 4) is 34.5 Å². The fourth-order valence-corrected chi connectivity index (χ4v) is 4.96. The van der Waals surface area contributed by atoms with E-state index in [-0.39, 0.29) is 5.91 Å². The molecule has 0 unspecified atom stereocenters. The lowest BCUT2D eigenvalue weighted by atomic mass is 10.2. The van der Waals surface area contributed by atoms with E-state index in [1.165, 1.54) is 37.7 Å². The van der Waals surface area contributed by atoms with Crippen molar-refractivity contribution in [3.63, 3.8) is 0 Å². The Morgan fingerprint density at radius 1 is 0.780 bits per heavy atom. The number of nitrogens with zero attached hydrogens (tertiary/aromatic N) is 3. The zero-order valence-corrected chi connectivity index (χ0v) is 23.7. The second kappa shape index (κ2) is 12.4. The third-order valence-corrected chi connectivity index (χ3v) is 7.04. The summed E-state index contributed by atoms with van der Waals surface area (Å²) in [4.78, 5) is 18.5. The van der Waals surface area contributed by atoms with E-state index in [9.17, 15) is 4.79 Å². The summed E-state index contributed by atoms with van der Waals surface area (Å²) in [6.07, 6.45) is 1.54. The molecule has 0 bridgehead atoms. The normalized spacial score (nSPS) is 10.9. The molecule has 0 saturated carbocycles. The summed E-state index contributed by atoms with van der Waals surface area (Å²) in [7, 11) is 6.21. The number of hydrazone groups is 1. The van der Waals surface area contributed by atoms with Crippen molar-refractivity contribution < 1.29 is 28.5 Å². The van der Waals surface area contributed by atoms with Gasteiger partial charge >= 0.3 is 0 Å². The molecule has 0 aliphatic heterocycles. The van der Waals surface area contributed by atoms with Gasteiger partial charge in [-0.2, -0.15) is 10.1 Å².